The summed E-state index contributed by atoms with van der Waals surface area (Å²) in [6.45, 7) is 3.90. The maximum atomic E-state index is 10.1. The number of aliphatic hydroxyl groups is 4. The Balaban J connectivity index is 4.20. The van der Waals surface area contributed by atoms with Crippen LogP contribution in [0.4, 0.5) is 0 Å². The summed E-state index contributed by atoms with van der Waals surface area (Å²) < 4.78 is 0. The molecule has 0 aromatic rings. The van der Waals surface area contributed by atoms with Gasteiger partial charge in [0.2, 0.25) is 0 Å². The predicted octanol–water partition coefficient (Wildman–Crippen LogP) is 1.06. The maximum absolute atomic E-state index is 10.1. The molecule has 0 rings (SSSR count). The van der Waals surface area contributed by atoms with Gasteiger partial charge in [-0.15, -0.1) is 0 Å². The maximum Gasteiger partial charge on any atom is 0.0876 e. The lowest BCUT2D eigenvalue weighted by Gasteiger charge is -2.37. The first-order valence-corrected chi connectivity index (χ1v) is 6.65. The zero-order valence-electron chi connectivity index (χ0n) is 11.1. The van der Waals surface area contributed by atoms with Crippen LogP contribution in [-0.2, 0) is 0 Å². The van der Waals surface area contributed by atoms with E-state index in [1.807, 2.05) is 13.8 Å². The van der Waals surface area contributed by atoms with Gasteiger partial charge in [-0.3, -0.25) is 0 Å². The SMILES string of the molecule is CCC(CC)(CO)C(O)C(O)CCCCCO. The molecule has 104 valence electrons. The van der Waals surface area contributed by atoms with Crippen LogP contribution in [0.5, 0.6) is 0 Å². The monoisotopic (exact) mass is 248 g/mol. The minimum Gasteiger partial charge on any atom is -0.396 e. The van der Waals surface area contributed by atoms with Crippen molar-refractivity contribution >= 4 is 0 Å². The number of aliphatic hydroxyl groups excluding tert-OH is 4. The molecule has 0 fully saturated rings. The van der Waals surface area contributed by atoms with E-state index < -0.39 is 17.6 Å². The minimum absolute atomic E-state index is 0.102. The molecule has 0 amide bonds. The Morgan fingerprint density at radius 2 is 1.53 bits per heavy atom. The highest BCUT2D eigenvalue weighted by Gasteiger charge is 2.37. The van der Waals surface area contributed by atoms with Crippen molar-refractivity contribution in [2.75, 3.05) is 13.2 Å². The zero-order valence-corrected chi connectivity index (χ0v) is 11.1. The van der Waals surface area contributed by atoms with Crippen molar-refractivity contribution in [3.8, 4) is 0 Å². The molecule has 0 aliphatic heterocycles. The van der Waals surface area contributed by atoms with Crippen LogP contribution in [0, 0.1) is 5.41 Å². The lowest BCUT2D eigenvalue weighted by molar-refractivity contribution is -0.0937. The molecule has 4 heteroatoms. The molecule has 2 atom stereocenters. The molecular formula is C13H28O4. The Hall–Kier alpha value is -0.160. The first-order valence-electron chi connectivity index (χ1n) is 6.65. The van der Waals surface area contributed by atoms with Crippen LogP contribution < -0.4 is 0 Å². The van der Waals surface area contributed by atoms with Gasteiger partial charge in [0.15, 0.2) is 0 Å². The molecule has 0 radical (unpaired) electrons. The van der Waals surface area contributed by atoms with E-state index in [1.54, 1.807) is 0 Å². The molecular weight excluding hydrogens is 220 g/mol. The molecule has 4 N–H and O–H groups in total. The van der Waals surface area contributed by atoms with E-state index >= 15 is 0 Å². The van der Waals surface area contributed by atoms with Crippen LogP contribution in [0.2, 0.25) is 0 Å². The fourth-order valence-corrected chi connectivity index (χ4v) is 2.19. The molecule has 0 aromatic heterocycles. The van der Waals surface area contributed by atoms with E-state index in [0.29, 0.717) is 19.3 Å². The van der Waals surface area contributed by atoms with Crippen LogP contribution in [0.25, 0.3) is 0 Å². The summed E-state index contributed by atoms with van der Waals surface area (Å²) in [5.41, 5.74) is -0.587. The van der Waals surface area contributed by atoms with Crippen molar-refractivity contribution in [3.63, 3.8) is 0 Å². The highest BCUT2D eigenvalue weighted by molar-refractivity contribution is 4.88. The second kappa shape index (κ2) is 8.86. The van der Waals surface area contributed by atoms with Gasteiger partial charge < -0.3 is 20.4 Å². The summed E-state index contributed by atoms with van der Waals surface area (Å²) in [5.74, 6) is 0. The quantitative estimate of drug-likeness (QED) is 0.436. The van der Waals surface area contributed by atoms with Gasteiger partial charge in [-0.2, -0.15) is 0 Å². The molecule has 0 spiro atoms. The largest absolute Gasteiger partial charge is 0.396 e. The molecule has 2 unspecified atom stereocenters. The van der Waals surface area contributed by atoms with Gasteiger partial charge in [-0.25, -0.2) is 0 Å². The van der Waals surface area contributed by atoms with Gasteiger partial charge in [-0.05, 0) is 25.7 Å². The number of unbranched alkanes of at least 4 members (excludes halogenated alkanes) is 2. The molecule has 4 nitrogen and oxygen atoms in total. The summed E-state index contributed by atoms with van der Waals surface area (Å²) in [7, 11) is 0. The normalized spacial score (nSPS) is 15.9. The van der Waals surface area contributed by atoms with Gasteiger partial charge in [-0.1, -0.05) is 26.7 Å². The summed E-state index contributed by atoms with van der Waals surface area (Å²) in [4.78, 5) is 0. The van der Waals surface area contributed by atoms with Crippen LogP contribution >= 0.6 is 0 Å². The number of hydrogen-bond acceptors (Lipinski definition) is 4. The lowest BCUT2D eigenvalue weighted by Crippen LogP contribution is -2.45. The average molecular weight is 248 g/mol. The summed E-state index contributed by atoms with van der Waals surface area (Å²) >= 11 is 0. The van der Waals surface area contributed by atoms with Crippen LogP contribution in [0.3, 0.4) is 0 Å². The topological polar surface area (TPSA) is 80.9 Å². The number of rotatable bonds is 10. The van der Waals surface area contributed by atoms with Gasteiger partial charge in [0.1, 0.15) is 0 Å². The van der Waals surface area contributed by atoms with E-state index in [0.717, 1.165) is 19.3 Å². The van der Waals surface area contributed by atoms with Crippen molar-refractivity contribution in [2.45, 2.75) is 64.6 Å². The Labute approximate surface area is 104 Å². The van der Waals surface area contributed by atoms with Gasteiger partial charge in [0.25, 0.3) is 0 Å². The first kappa shape index (κ1) is 16.8. The van der Waals surface area contributed by atoms with Crippen molar-refractivity contribution in [1.29, 1.82) is 0 Å². The third kappa shape index (κ3) is 4.92. The van der Waals surface area contributed by atoms with Gasteiger partial charge in [0.05, 0.1) is 18.8 Å². The molecule has 0 bridgehead atoms. The Bertz CT molecular complexity index is 172. The van der Waals surface area contributed by atoms with E-state index in [2.05, 4.69) is 0 Å². The van der Waals surface area contributed by atoms with E-state index in [-0.39, 0.29) is 13.2 Å². The van der Waals surface area contributed by atoms with Crippen LogP contribution in [0.1, 0.15) is 52.4 Å². The summed E-state index contributed by atoms with van der Waals surface area (Å²) in [6.07, 6.45) is 2.51. The minimum atomic E-state index is -0.878. The first-order chi connectivity index (χ1) is 8.07. The highest BCUT2D eigenvalue weighted by Crippen LogP contribution is 2.33. The summed E-state index contributed by atoms with van der Waals surface area (Å²) in [5, 5.41) is 38.1. The highest BCUT2D eigenvalue weighted by atomic mass is 16.3. The van der Waals surface area contributed by atoms with E-state index in [9.17, 15) is 15.3 Å². The Morgan fingerprint density at radius 1 is 0.941 bits per heavy atom. The lowest BCUT2D eigenvalue weighted by atomic mass is 9.75. The fraction of sp³-hybridized carbons (Fsp3) is 1.00. The average Bonchev–Trinajstić information content (AvgIpc) is 2.37. The van der Waals surface area contributed by atoms with Gasteiger partial charge in [0, 0.05) is 12.0 Å². The molecule has 17 heavy (non-hydrogen) atoms. The van der Waals surface area contributed by atoms with E-state index in [4.69, 9.17) is 5.11 Å². The zero-order chi connectivity index (χ0) is 13.3. The van der Waals surface area contributed by atoms with Crippen molar-refractivity contribution in [2.24, 2.45) is 5.41 Å². The van der Waals surface area contributed by atoms with Crippen LogP contribution in [0.15, 0.2) is 0 Å². The third-order valence-corrected chi connectivity index (χ3v) is 3.87. The third-order valence-electron chi connectivity index (χ3n) is 3.87. The van der Waals surface area contributed by atoms with E-state index in [1.165, 1.54) is 0 Å². The second-order valence-corrected chi connectivity index (χ2v) is 4.81. The second-order valence-electron chi connectivity index (χ2n) is 4.81. The molecule has 0 aromatic carbocycles. The predicted molar refractivity (Wildman–Crippen MR) is 67.7 cm³/mol. The van der Waals surface area contributed by atoms with Crippen LogP contribution in [-0.4, -0.2) is 45.8 Å². The Kier molecular flexibility index (Phi) is 8.78. The van der Waals surface area contributed by atoms with Gasteiger partial charge >= 0.3 is 0 Å². The smallest absolute Gasteiger partial charge is 0.0876 e. The summed E-state index contributed by atoms with van der Waals surface area (Å²) in [6, 6.07) is 0. The fourth-order valence-electron chi connectivity index (χ4n) is 2.19. The van der Waals surface area contributed by atoms with Crippen molar-refractivity contribution < 1.29 is 20.4 Å². The standard InChI is InChI=1S/C13H28O4/c1-3-13(4-2,10-15)12(17)11(16)8-6-5-7-9-14/h11-12,14-17H,3-10H2,1-2H3. The molecule has 0 aliphatic rings. The van der Waals surface area contributed by atoms with Crippen molar-refractivity contribution in [3.05, 3.63) is 0 Å². The molecule has 0 aliphatic carbocycles. The number of hydrogen-bond donors (Lipinski definition) is 4. The van der Waals surface area contributed by atoms with Crippen molar-refractivity contribution in [1.82, 2.24) is 0 Å². The Morgan fingerprint density at radius 3 is 1.94 bits per heavy atom. The molecule has 0 saturated carbocycles. The molecule has 0 saturated heterocycles. The molecule has 0 heterocycles.